The molecule has 0 aromatic rings. The second-order valence-electron chi connectivity index (χ2n) is 5.21. The van der Waals surface area contributed by atoms with Crippen LogP contribution in [-0.2, 0) is 0 Å². The Hall–Kier alpha value is -0.500. The van der Waals surface area contributed by atoms with Gasteiger partial charge in [0.15, 0.2) is 0 Å². The van der Waals surface area contributed by atoms with Crippen LogP contribution in [0.5, 0.6) is 0 Å². The van der Waals surface area contributed by atoms with Gasteiger partial charge in [0.2, 0.25) is 0 Å². The zero-order valence-corrected chi connectivity index (χ0v) is 9.84. The van der Waals surface area contributed by atoms with Crippen molar-refractivity contribution in [2.24, 2.45) is 17.1 Å². The van der Waals surface area contributed by atoms with Crippen LogP contribution in [0.4, 0.5) is 0 Å². The minimum atomic E-state index is 0.223. The Labute approximate surface area is 88.2 Å². The lowest BCUT2D eigenvalue weighted by atomic mass is 9.71. The van der Waals surface area contributed by atoms with E-state index in [1.165, 1.54) is 19.3 Å². The number of nitrogens with zero attached hydrogens (tertiary/aromatic N) is 1. The minimum absolute atomic E-state index is 0.223. The van der Waals surface area contributed by atoms with Gasteiger partial charge in [-0.3, -0.25) is 0 Å². The maximum Gasteiger partial charge on any atom is 0.0119 e. The van der Waals surface area contributed by atoms with Crippen LogP contribution in [0.15, 0.2) is 12.3 Å². The quantitative estimate of drug-likeness (QED) is 0.750. The summed E-state index contributed by atoms with van der Waals surface area (Å²) in [7, 11) is 2.18. The molecule has 1 aliphatic heterocycles. The Morgan fingerprint density at radius 3 is 2.29 bits per heavy atom. The monoisotopic (exact) mass is 196 g/mol. The number of likely N-dealkylation sites (tertiary alicyclic amines) is 1. The summed E-state index contributed by atoms with van der Waals surface area (Å²) in [5.41, 5.74) is 7.11. The highest BCUT2D eigenvalue weighted by molar-refractivity contribution is 5.08. The van der Waals surface area contributed by atoms with Gasteiger partial charge in [-0.1, -0.05) is 20.4 Å². The van der Waals surface area contributed by atoms with Crippen LogP contribution in [0, 0.1) is 11.3 Å². The van der Waals surface area contributed by atoms with E-state index in [2.05, 4.69) is 32.4 Å². The summed E-state index contributed by atoms with van der Waals surface area (Å²) in [4.78, 5) is 2.38. The number of hydrogen-bond acceptors (Lipinski definition) is 2. The molecule has 14 heavy (non-hydrogen) atoms. The molecule has 0 amide bonds. The van der Waals surface area contributed by atoms with Crippen molar-refractivity contribution in [3.05, 3.63) is 12.3 Å². The fraction of sp³-hybridized carbons (Fsp3) is 0.833. The molecule has 1 saturated heterocycles. The van der Waals surface area contributed by atoms with Crippen LogP contribution in [0.1, 0.15) is 33.1 Å². The van der Waals surface area contributed by atoms with Crippen molar-refractivity contribution in [2.75, 3.05) is 20.1 Å². The summed E-state index contributed by atoms with van der Waals surface area (Å²) in [5, 5.41) is 0. The highest BCUT2D eigenvalue weighted by Gasteiger charge is 2.35. The van der Waals surface area contributed by atoms with Crippen molar-refractivity contribution in [1.82, 2.24) is 4.90 Å². The molecule has 0 aromatic carbocycles. The predicted molar refractivity (Wildman–Crippen MR) is 61.9 cm³/mol. The van der Waals surface area contributed by atoms with Crippen molar-refractivity contribution in [3.63, 3.8) is 0 Å². The Bertz CT molecular complexity index is 200. The SMILES string of the molecule is C=C(N)C1(CC(C)C)CCN(C)CC1. The van der Waals surface area contributed by atoms with Crippen molar-refractivity contribution < 1.29 is 0 Å². The third-order valence-corrected chi connectivity index (χ3v) is 3.42. The standard InChI is InChI=1S/C12H24N2/c1-10(2)9-12(11(3)13)5-7-14(4)8-6-12/h10H,3,5-9,13H2,1-2,4H3. The zero-order valence-electron chi connectivity index (χ0n) is 9.84. The van der Waals surface area contributed by atoms with E-state index in [0.29, 0.717) is 5.92 Å². The largest absolute Gasteiger partial charge is 0.402 e. The van der Waals surface area contributed by atoms with Gasteiger partial charge in [-0.15, -0.1) is 0 Å². The van der Waals surface area contributed by atoms with E-state index in [0.717, 1.165) is 18.8 Å². The highest BCUT2D eigenvalue weighted by Crippen LogP contribution is 2.40. The molecule has 1 rings (SSSR count). The smallest absolute Gasteiger partial charge is 0.0119 e. The number of hydrogen-bond donors (Lipinski definition) is 1. The van der Waals surface area contributed by atoms with Crippen LogP contribution >= 0.6 is 0 Å². The van der Waals surface area contributed by atoms with Gasteiger partial charge in [0.1, 0.15) is 0 Å². The van der Waals surface area contributed by atoms with Crippen LogP contribution in [-0.4, -0.2) is 25.0 Å². The fourth-order valence-electron chi connectivity index (χ4n) is 2.48. The molecule has 0 aliphatic carbocycles. The lowest BCUT2D eigenvalue weighted by Crippen LogP contribution is -2.41. The molecule has 2 N–H and O–H groups in total. The van der Waals surface area contributed by atoms with Crippen LogP contribution in [0.25, 0.3) is 0 Å². The van der Waals surface area contributed by atoms with Crippen molar-refractivity contribution >= 4 is 0 Å². The molecule has 1 fully saturated rings. The molecular formula is C12H24N2. The van der Waals surface area contributed by atoms with Crippen LogP contribution < -0.4 is 5.73 Å². The van der Waals surface area contributed by atoms with E-state index in [1.54, 1.807) is 0 Å². The highest BCUT2D eigenvalue weighted by atomic mass is 15.1. The molecule has 2 nitrogen and oxygen atoms in total. The van der Waals surface area contributed by atoms with Gasteiger partial charge in [0.05, 0.1) is 0 Å². The number of piperidine rings is 1. The molecule has 0 bridgehead atoms. The van der Waals surface area contributed by atoms with Crippen molar-refractivity contribution in [3.8, 4) is 0 Å². The molecule has 1 heterocycles. The van der Waals surface area contributed by atoms with E-state index in [1.807, 2.05) is 0 Å². The topological polar surface area (TPSA) is 29.3 Å². The first kappa shape index (κ1) is 11.6. The Balaban J connectivity index is 2.68. The second-order valence-corrected chi connectivity index (χ2v) is 5.21. The van der Waals surface area contributed by atoms with E-state index in [9.17, 15) is 0 Å². The van der Waals surface area contributed by atoms with Gasteiger partial charge in [0, 0.05) is 11.1 Å². The number of rotatable bonds is 3. The van der Waals surface area contributed by atoms with E-state index in [-0.39, 0.29) is 5.41 Å². The van der Waals surface area contributed by atoms with Gasteiger partial charge >= 0.3 is 0 Å². The fourth-order valence-corrected chi connectivity index (χ4v) is 2.48. The molecule has 0 saturated carbocycles. The van der Waals surface area contributed by atoms with E-state index in [4.69, 9.17) is 5.73 Å². The predicted octanol–water partition coefficient (Wildman–Crippen LogP) is 2.22. The zero-order chi connectivity index (χ0) is 10.8. The lowest BCUT2D eigenvalue weighted by Gasteiger charge is -2.42. The van der Waals surface area contributed by atoms with E-state index < -0.39 is 0 Å². The number of nitrogens with two attached hydrogens (primary N) is 1. The second kappa shape index (κ2) is 4.35. The summed E-state index contributed by atoms with van der Waals surface area (Å²) in [6, 6.07) is 0. The van der Waals surface area contributed by atoms with Gasteiger partial charge in [-0.2, -0.15) is 0 Å². The first-order chi connectivity index (χ1) is 6.46. The molecule has 0 unspecified atom stereocenters. The van der Waals surface area contributed by atoms with Gasteiger partial charge in [0.25, 0.3) is 0 Å². The van der Waals surface area contributed by atoms with Gasteiger partial charge in [-0.05, 0) is 45.3 Å². The molecule has 0 atom stereocenters. The van der Waals surface area contributed by atoms with E-state index >= 15 is 0 Å². The maximum atomic E-state index is 5.98. The molecule has 1 aliphatic rings. The summed E-state index contributed by atoms with van der Waals surface area (Å²) >= 11 is 0. The van der Waals surface area contributed by atoms with Crippen LogP contribution in [0.2, 0.25) is 0 Å². The van der Waals surface area contributed by atoms with Gasteiger partial charge < -0.3 is 10.6 Å². The third-order valence-electron chi connectivity index (χ3n) is 3.42. The number of allylic oxidation sites excluding steroid dienone is 1. The third kappa shape index (κ3) is 2.50. The molecule has 2 heteroatoms. The molecule has 0 spiro atoms. The minimum Gasteiger partial charge on any atom is -0.402 e. The molecule has 0 radical (unpaired) electrons. The Morgan fingerprint density at radius 2 is 1.93 bits per heavy atom. The summed E-state index contributed by atoms with van der Waals surface area (Å²) in [6.07, 6.45) is 3.55. The molecule has 0 aromatic heterocycles. The first-order valence-corrected chi connectivity index (χ1v) is 5.60. The normalized spacial score (nSPS) is 22.6. The summed E-state index contributed by atoms with van der Waals surface area (Å²) in [5.74, 6) is 0.707. The van der Waals surface area contributed by atoms with Crippen molar-refractivity contribution in [1.29, 1.82) is 0 Å². The average molecular weight is 196 g/mol. The van der Waals surface area contributed by atoms with Crippen LogP contribution in [0.3, 0.4) is 0 Å². The van der Waals surface area contributed by atoms with Gasteiger partial charge in [-0.25, -0.2) is 0 Å². The Kier molecular flexibility index (Phi) is 3.59. The van der Waals surface area contributed by atoms with Crippen molar-refractivity contribution in [2.45, 2.75) is 33.1 Å². The average Bonchev–Trinajstić information content (AvgIpc) is 2.08. The lowest BCUT2D eigenvalue weighted by molar-refractivity contribution is 0.130. The summed E-state index contributed by atoms with van der Waals surface area (Å²) in [6.45, 7) is 10.8. The Morgan fingerprint density at radius 1 is 1.43 bits per heavy atom. The molecule has 82 valence electrons. The molecular weight excluding hydrogens is 172 g/mol. The first-order valence-electron chi connectivity index (χ1n) is 5.60. The maximum absolute atomic E-state index is 5.98. The summed E-state index contributed by atoms with van der Waals surface area (Å²) < 4.78 is 0.